The molecule has 1 heterocycles. The van der Waals surface area contributed by atoms with Gasteiger partial charge in [-0.2, -0.15) is 0 Å². The van der Waals surface area contributed by atoms with E-state index in [4.69, 9.17) is 0 Å². The van der Waals surface area contributed by atoms with Crippen molar-refractivity contribution < 1.29 is 9.90 Å². The van der Waals surface area contributed by atoms with Crippen LogP contribution in [0.25, 0.3) is 0 Å². The first-order chi connectivity index (χ1) is 9.56. The maximum atomic E-state index is 12.3. The van der Waals surface area contributed by atoms with Gasteiger partial charge < -0.3 is 10.4 Å². The van der Waals surface area contributed by atoms with Crippen molar-refractivity contribution in [2.75, 3.05) is 0 Å². The van der Waals surface area contributed by atoms with Crippen LogP contribution in [-0.4, -0.2) is 17.1 Å². The Balaban J connectivity index is 1.83. The summed E-state index contributed by atoms with van der Waals surface area (Å²) in [5.74, 6) is -0.135. The number of aryl methyl sites for hydroxylation is 1. The first-order valence-corrected chi connectivity index (χ1v) is 8.00. The number of benzene rings is 1. The third-order valence-corrected chi connectivity index (χ3v) is 5.71. The summed E-state index contributed by atoms with van der Waals surface area (Å²) in [6, 6.07) is 9.39. The number of hydrogen-bond donors (Lipinski definition) is 2. The first-order valence-electron chi connectivity index (χ1n) is 6.39. The van der Waals surface area contributed by atoms with Gasteiger partial charge in [0.25, 0.3) is 5.91 Å². The highest BCUT2D eigenvalue weighted by Gasteiger charge is 2.32. The van der Waals surface area contributed by atoms with Gasteiger partial charge in [0.05, 0.1) is 20.8 Å². The van der Waals surface area contributed by atoms with Gasteiger partial charge in [-0.25, -0.2) is 0 Å². The second-order valence-corrected chi connectivity index (χ2v) is 7.36. The monoisotopic (exact) mass is 351 g/mol. The van der Waals surface area contributed by atoms with Crippen LogP contribution in [0.4, 0.5) is 0 Å². The maximum absolute atomic E-state index is 12.3. The molecule has 20 heavy (non-hydrogen) atoms. The molecule has 104 valence electrons. The number of carbonyl (C=O) groups is 1. The van der Waals surface area contributed by atoms with Crippen LogP contribution in [0, 0.1) is 6.92 Å². The molecule has 0 fully saturated rings. The average Bonchev–Trinajstić information content (AvgIpc) is 2.91. The van der Waals surface area contributed by atoms with Crippen LogP contribution in [0.3, 0.4) is 0 Å². The molecule has 0 bridgehead atoms. The largest absolute Gasteiger partial charge is 0.390 e. The van der Waals surface area contributed by atoms with E-state index >= 15 is 0 Å². The van der Waals surface area contributed by atoms with Crippen molar-refractivity contribution in [1.29, 1.82) is 0 Å². The van der Waals surface area contributed by atoms with E-state index in [0.29, 0.717) is 11.3 Å². The summed E-state index contributed by atoms with van der Waals surface area (Å²) >= 11 is 4.84. The fourth-order valence-electron chi connectivity index (χ4n) is 2.53. The van der Waals surface area contributed by atoms with E-state index in [2.05, 4.69) is 21.2 Å². The van der Waals surface area contributed by atoms with Crippen molar-refractivity contribution >= 4 is 33.2 Å². The normalized spacial score (nSPS) is 20.8. The number of nitrogens with one attached hydrogen (secondary N) is 1. The smallest absolute Gasteiger partial charge is 0.261 e. The Morgan fingerprint density at radius 2 is 2.20 bits per heavy atom. The maximum Gasteiger partial charge on any atom is 0.261 e. The second-order valence-electron chi connectivity index (χ2n) is 4.99. The number of rotatable bonds is 2. The Labute approximate surface area is 129 Å². The average molecular weight is 352 g/mol. The molecule has 0 spiro atoms. The number of fused-ring (bicyclic) bond motifs is 1. The summed E-state index contributed by atoms with van der Waals surface area (Å²) in [5.41, 5.74) is 3.17. The standard InChI is InChI=1S/C15H14BrNO2S/c1-8-6-12(20-14(8)16)15(19)17-13-10-5-3-2-4-9(10)7-11(13)18/h2-6,11,13,18H,7H2,1H3,(H,17,19). The Morgan fingerprint density at radius 1 is 1.45 bits per heavy atom. The first kappa shape index (κ1) is 13.8. The zero-order chi connectivity index (χ0) is 14.3. The summed E-state index contributed by atoms with van der Waals surface area (Å²) in [4.78, 5) is 12.9. The molecule has 0 aliphatic heterocycles. The molecule has 5 heteroatoms. The number of halogens is 1. The molecule has 1 aliphatic carbocycles. The molecule has 1 aliphatic rings. The minimum atomic E-state index is -0.555. The Morgan fingerprint density at radius 3 is 2.90 bits per heavy atom. The van der Waals surface area contributed by atoms with E-state index in [1.165, 1.54) is 11.3 Å². The number of aliphatic hydroxyl groups is 1. The van der Waals surface area contributed by atoms with Gasteiger partial charge in [0.2, 0.25) is 0 Å². The van der Waals surface area contributed by atoms with Gasteiger partial charge in [0.15, 0.2) is 0 Å². The third kappa shape index (κ3) is 2.41. The summed E-state index contributed by atoms with van der Waals surface area (Å²) < 4.78 is 0.968. The zero-order valence-corrected chi connectivity index (χ0v) is 13.3. The highest BCUT2D eigenvalue weighted by atomic mass is 79.9. The molecular weight excluding hydrogens is 338 g/mol. The van der Waals surface area contributed by atoms with E-state index in [0.717, 1.165) is 20.5 Å². The van der Waals surface area contributed by atoms with E-state index in [-0.39, 0.29) is 11.9 Å². The molecule has 2 atom stereocenters. The molecule has 1 aromatic heterocycles. The van der Waals surface area contributed by atoms with Crippen molar-refractivity contribution in [2.24, 2.45) is 0 Å². The van der Waals surface area contributed by atoms with E-state index in [9.17, 15) is 9.90 Å². The van der Waals surface area contributed by atoms with Crippen molar-refractivity contribution in [3.63, 3.8) is 0 Å². The van der Waals surface area contributed by atoms with Crippen LogP contribution < -0.4 is 5.32 Å². The molecule has 0 radical (unpaired) electrons. The van der Waals surface area contributed by atoms with Crippen LogP contribution in [0.15, 0.2) is 34.1 Å². The predicted molar refractivity (Wildman–Crippen MR) is 83.1 cm³/mol. The lowest BCUT2D eigenvalue weighted by molar-refractivity contribution is 0.0862. The van der Waals surface area contributed by atoms with Crippen molar-refractivity contribution in [3.8, 4) is 0 Å². The topological polar surface area (TPSA) is 49.3 Å². The van der Waals surface area contributed by atoms with Gasteiger partial charge in [-0.15, -0.1) is 11.3 Å². The SMILES string of the molecule is Cc1cc(C(=O)NC2c3ccccc3CC2O)sc1Br. The third-order valence-electron chi connectivity index (χ3n) is 3.57. The number of hydrogen-bond acceptors (Lipinski definition) is 3. The van der Waals surface area contributed by atoms with Gasteiger partial charge in [0, 0.05) is 6.42 Å². The lowest BCUT2D eigenvalue weighted by Gasteiger charge is -2.17. The highest BCUT2D eigenvalue weighted by Crippen LogP contribution is 2.32. The number of aliphatic hydroxyl groups excluding tert-OH is 1. The lowest BCUT2D eigenvalue weighted by atomic mass is 10.1. The van der Waals surface area contributed by atoms with Gasteiger partial charge >= 0.3 is 0 Å². The summed E-state index contributed by atoms with van der Waals surface area (Å²) in [5, 5.41) is 13.1. The van der Waals surface area contributed by atoms with Crippen LogP contribution in [0.1, 0.15) is 32.4 Å². The van der Waals surface area contributed by atoms with Crippen LogP contribution in [-0.2, 0) is 6.42 Å². The van der Waals surface area contributed by atoms with Gasteiger partial charge in [-0.05, 0) is 45.6 Å². The van der Waals surface area contributed by atoms with Crippen LogP contribution >= 0.6 is 27.3 Å². The fourth-order valence-corrected chi connectivity index (χ4v) is 3.97. The molecule has 1 amide bonds. The molecule has 3 nitrogen and oxygen atoms in total. The number of carbonyl (C=O) groups excluding carboxylic acids is 1. The minimum Gasteiger partial charge on any atom is -0.390 e. The fraction of sp³-hybridized carbons (Fsp3) is 0.267. The van der Waals surface area contributed by atoms with Gasteiger partial charge in [-0.3, -0.25) is 4.79 Å². The van der Waals surface area contributed by atoms with Crippen molar-refractivity contribution in [3.05, 3.63) is 55.7 Å². The molecule has 2 unspecified atom stereocenters. The number of thiophene rings is 1. The summed E-state index contributed by atoms with van der Waals surface area (Å²) in [7, 11) is 0. The van der Waals surface area contributed by atoms with Crippen molar-refractivity contribution in [1.82, 2.24) is 5.32 Å². The molecule has 0 saturated carbocycles. The summed E-state index contributed by atoms with van der Waals surface area (Å²) in [6.07, 6.45) is 0.0368. The highest BCUT2D eigenvalue weighted by molar-refractivity contribution is 9.11. The molecule has 2 aromatic rings. The molecule has 1 aromatic carbocycles. The van der Waals surface area contributed by atoms with Crippen LogP contribution in [0.2, 0.25) is 0 Å². The molecular formula is C15H14BrNO2S. The number of amides is 1. The lowest BCUT2D eigenvalue weighted by Crippen LogP contribution is -2.33. The van der Waals surface area contributed by atoms with E-state index in [1.807, 2.05) is 37.3 Å². The Hall–Kier alpha value is -1.17. The van der Waals surface area contributed by atoms with E-state index in [1.54, 1.807) is 0 Å². The van der Waals surface area contributed by atoms with Crippen molar-refractivity contribution in [2.45, 2.75) is 25.5 Å². The Bertz CT molecular complexity index is 648. The quantitative estimate of drug-likeness (QED) is 0.872. The van der Waals surface area contributed by atoms with Gasteiger partial charge in [0.1, 0.15) is 0 Å². The van der Waals surface area contributed by atoms with Crippen LogP contribution in [0.5, 0.6) is 0 Å². The second kappa shape index (κ2) is 5.31. The Kier molecular flexibility index (Phi) is 3.67. The predicted octanol–water partition coefficient (Wildman–Crippen LogP) is 3.21. The minimum absolute atomic E-state index is 0.135. The molecule has 3 rings (SSSR count). The zero-order valence-electron chi connectivity index (χ0n) is 10.9. The molecule has 2 N–H and O–H groups in total. The van der Waals surface area contributed by atoms with E-state index < -0.39 is 6.10 Å². The van der Waals surface area contributed by atoms with Gasteiger partial charge in [-0.1, -0.05) is 24.3 Å². The molecule has 0 saturated heterocycles. The summed E-state index contributed by atoms with van der Waals surface area (Å²) in [6.45, 7) is 1.96.